The van der Waals surface area contributed by atoms with Crippen LogP contribution in [0.25, 0.3) is 0 Å². The molecule has 2 heterocycles. The van der Waals surface area contributed by atoms with E-state index in [0.29, 0.717) is 18.9 Å². The molecule has 2 aliphatic heterocycles. The first-order valence-electron chi connectivity index (χ1n) is 8.06. The van der Waals surface area contributed by atoms with Gasteiger partial charge in [0.1, 0.15) is 11.6 Å². The Morgan fingerprint density at radius 2 is 2.05 bits per heavy atom. The standard InChI is InChI=1S/C16H28N2O3/c1-11(2)9-13-14(19)17-16(3,4)15(20)18(13)10-12-7-5-6-8-21-12/h11-13H,5-10H2,1-4H3,(H,17,19). The van der Waals surface area contributed by atoms with Crippen molar-refractivity contribution in [2.24, 2.45) is 5.92 Å². The van der Waals surface area contributed by atoms with Crippen LogP contribution in [0, 0.1) is 5.92 Å². The summed E-state index contributed by atoms with van der Waals surface area (Å²) in [5, 5.41) is 2.86. The van der Waals surface area contributed by atoms with E-state index in [-0.39, 0.29) is 24.0 Å². The molecular weight excluding hydrogens is 268 g/mol. The first-order chi connectivity index (χ1) is 9.81. The number of hydrogen-bond donors (Lipinski definition) is 1. The molecule has 2 saturated heterocycles. The Balaban J connectivity index is 2.15. The van der Waals surface area contributed by atoms with Crippen LogP contribution in [0.1, 0.15) is 53.4 Å². The average Bonchev–Trinajstić information content (AvgIpc) is 2.41. The van der Waals surface area contributed by atoms with Crippen molar-refractivity contribution < 1.29 is 14.3 Å². The van der Waals surface area contributed by atoms with Gasteiger partial charge in [-0.3, -0.25) is 9.59 Å². The van der Waals surface area contributed by atoms with E-state index < -0.39 is 5.54 Å². The fraction of sp³-hybridized carbons (Fsp3) is 0.875. The molecule has 0 radical (unpaired) electrons. The van der Waals surface area contributed by atoms with Gasteiger partial charge in [0.2, 0.25) is 11.8 Å². The van der Waals surface area contributed by atoms with Gasteiger partial charge in [-0.2, -0.15) is 0 Å². The van der Waals surface area contributed by atoms with E-state index >= 15 is 0 Å². The van der Waals surface area contributed by atoms with Crippen molar-refractivity contribution in [3.05, 3.63) is 0 Å². The number of carbonyl (C=O) groups is 2. The summed E-state index contributed by atoms with van der Waals surface area (Å²) in [7, 11) is 0. The van der Waals surface area contributed by atoms with Crippen molar-refractivity contribution in [2.75, 3.05) is 13.2 Å². The van der Waals surface area contributed by atoms with Crippen LogP contribution < -0.4 is 5.32 Å². The van der Waals surface area contributed by atoms with Crippen molar-refractivity contribution in [1.82, 2.24) is 10.2 Å². The summed E-state index contributed by atoms with van der Waals surface area (Å²) in [6, 6.07) is -0.365. The Morgan fingerprint density at radius 3 is 2.62 bits per heavy atom. The van der Waals surface area contributed by atoms with E-state index in [1.54, 1.807) is 18.7 Å². The van der Waals surface area contributed by atoms with Crippen molar-refractivity contribution in [3.63, 3.8) is 0 Å². The number of carbonyl (C=O) groups excluding carboxylic acids is 2. The molecule has 0 aromatic carbocycles. The predicted molar refractivity (Wildman–Crippen MR) is 80.8 cm³/mol. The van der Waals surface area contributed by atoms with E-state index in [4.69, 9.17) is 4.74 Å². The van der Waals surface area contributed by atoms with E-state index in [9.17, 15) is 9.59 Å². The zero-order valence-electron chi connectivity index (χ0n) is 13.6. The Kier molecular flexibility index (Phi) is 4.91. The van der Waals surface area contributed by atoms with Gasteiger partial charge in [-0.1, -0.05) is 13.8 Å². The molecule has 2 amide bonds. The van der Waals surface area contributed by atoms with Gasteiger partial charge < -0.3 is 15.0 Å². The number of nitrogens with zero attached hydrogens (tertiary/aromatic N) is 1. The minimum absolute atomic E-state index is 0.00178. The molecule has 0 aliphatic carbocycles. The van der Waals surface area contributed by atoms with E-state index in [0.717, 1.165) is 25.9 Å². The Morgan fingerprint density at radius 1 is 1.33 bits per heavy atom. The Bertz CT molecular complexity index is 400. The third-order valence-electron chi connectivity index (χ3n) is 4.28. The summed E-state index contributed by atoms with van der Waals surface area (Å²) in [5.74, 6) is 0.329. The lowest BCUT2D eigenvalue weighted by Crippen LogP contribution is -2.69. The molecule has 2 unspecified atom stereocenters. The predicted octanol–water partition coefficient (Wildman–Crippen LogP) is 1.71. The van der Waals surface area contributed by atoms with Crippen LogP contribution in [-0.4, -0.2) is 47.6 Å². The van der Waals surface area contributed by atoms with Crippen LogP contribution in [0.3, 0.4) is 0 Å². The molecule has 2 aliphatic rings. The van der Waals surface area contributed by atoms with Gasteiger partial charge in [-0.15, -0.1) is 0 Å². The minimum Gasteiger partial charge on any atom is -0.376 e. The summed E-state index contributed by atoms with van der Waals surface area (Å²) in [6.45, 7) is 8.99. The fourth-order valence-corrected chi connectivity index (χ4v) is 3.15. The lowest BCUT2D eigenvalue weighted by atomic mass is 9.91. The highest BCUT2D eigenvalue weighted by Crippen LogP contribution is 2.24. The molecule has 1 N–H and O–H groups in total. The van der Waals surface area contributed by atoms with Gasteiger partial charge in [0.15, 0.2) is 0 Å². The van der Waals surface area contributed by atoms with Crippen LogP contribution >= 0.6 is 0 Å². The largest absolute Gasteiger partial charge is 0.376 e. The maximum Gasteiger partial charge on any atom is 0.248 e. The number of amides is 2. The first kappa shape index (κ1) is 16.3. The second-order valence-corrected chi connectivity index (χ2v) is 7.21. The molecule has 0 aromatic rings. The summed E-state index contributed by atoms with van der Waals surface area (Å²) in [6.07, 6.45) is 3.96. The topological polar surface area (TPSA) is 58.6 Å². The van der Waals surface area contributed by atoms with Gasteiger partial charge in [-0.05, 0) is 45.4 Å². The highest BCUT2D eigenvalue weighted by molar-refractivity contribution is 5.99. The lowest BCUT2D eigenvalue weighted by Gasteiger charge is -2.44. The molecule has 0 spiro atoms. The first-order valence-corrected chi connectivity index (χ1v) is 8.06. The fourth-order valence-electron chi connectivity index (χ4n) is 3.15. The number of nitrogens with one attached hydrogen (secondary N) is 1. The van der Waals surface area contributed by atoms with Gasteiger partial charge in [0, 0.05) is 13.2 Å². The molecule has 0 bridgehead atoms. The molecule has 2 rings (SSSR count). The highest BCUT2D eigenvalue weighted by Gasteiger charge is 2.45. The smallest absolute Gasteiger partial charge is 0.248 e. The van der Waals surface area contributed by atoms with Crippen LogP contribution in [0.2, 0.25) is 0 Å². The molecule has 5 heteroatoms. The quantitative estimate of drug-likeness (QED) is 0.859. The molecule has 0 saturated carbocycles. The molecule has 5 nitrogen and oxygen atoms in total. The van der Waals surface area contributed by atoms with Gasteiger partial charge in [-0.25, -0.2) is 0 Å². The van der Waals surface area contributed by atoms with Crippen LogP contribution in [0.4, 0.5) is 0 Å². The van der Waals surface area contributed by atoms with Crippen LogP contribution in [0.15, 0.2) is 0 Å². The third-order valence-corrected chi connectivity index (χ3v) is 4.28. The van der Waals surface area contributed by atoms with Crippen molar-refractivity contribution in [3.8, 4) is 0 Å². The SMILES string of the molecule is CC(C)CC1C(=O)NC(C)(C)C(=O)N1CC1CCCCO1. The zero-order chi connectivity index (χ0) is 15.6. The molecule has 2 atom stereocenters. The summed E-state index contributed by atoms with van der Waals surface area (Å²) >= 11 is 0. The number of ether oxygens (including phenoxy) is 1. The number of piperazine rings is 1. The second-order valence-electron chi connectivity index (χ2n) is 7.21. The van der Waals surface area contributed by atoms with E-state index in [1.807, 2.05) is 0 Å². The average molecular weight is 296 g/mol. The summed E-state index contributed by atoms with van der Waals surface area (Å²) in [4.78, 5) is 26.9. The van der Waals surface area contributed by atoms with Gasteiger partial charge in [0.25, 0.3) is 0 Å². The molecule has 0 aromatic heterocycles. The van der Waals surface area contributed by atoms with E-state index in [2.05, 4.69) is 19.2 Å². The monoisotopic (exact) mass is 296 g/mol. The molecule has 120 valence electrons. The zero-order valence-corrected chi connectivity index (χ0v) is 13.6. The molecule has 2 fully saturated rings. The Hall–Kier alpha value is -1.10. The Labute approximate surface area is 127 Å². The second kappa shape index (κ2) is 6.34. The number of rotatable bonds is 4. The maximum atomic E-state index is 12.7. The van der Waals surface area contributed by atoms with Crippen LogP contribution in [-0.2, 0) is 14.3 Å². The van der Waals surface area contributed by atoms with Crippen molar-refractivity contribution in [1.29, 1.82) is 0 Å². The molecule has 21 heavy (non-hydrogen) atoms. The van der Waals surface area contributed by atoms with Gasteiger partial charge >= 0.3 is 0 Å². The van der Waals surface area contributed by atoms with E-state index in [1.165, 1.54) is 0 Å². The van der Waals surface area contributed by atoms with Crippen molar-refractivity contribution >= 4 is 11.8 Å². The minimum atomic E-state index is -0.820. The lowest BCUT2D eigenvalue weighted by molar-refractivity contribution is -0.157. The highest BCUT2D eigenvalue weighted by atomic mass is 16.5. The summed E-state index contributed by atoms with van der Waals surface area (Å²) < 4.78 is 5.76. The third kappa shape index (κ3) is 3.76. The normalized spacial score (nSPS) is 29.7. The van der Waals surface area contributed by atoms with Crippen LogP contribution in [0.5, 0.6) is 0 Å². The molecular formula is C16H28N2O3. The van der Waals surface area contributed by atoms with Crippen molar-refractivity contribution in [2.45, 2.75) is 71.1 Å². The van der Waals surface area contributed by atoms with Gasteiger partial charge in [0.05, 0.1) is 6.10 Å². The number of hydrogen-bond acceptors (Lipinski definition) is 3. The maximum absolute atomic E-state index is 12.7. The summed E-state index contributed by atoms with van der Waals surface area (Å²) in [5.41, 5.74) is -0.820.